The van der Waals surface area contributed by atoms with Gasteiger partial charge in [0.25, 0.3) is 0 Å². The largest absolute Gasteiger partial charge is 0.470 e. The number of aliphatic hydroxyl groups is 1. The quantitative estimate of drug-likeness (QED) is 0.353. The SMILES string of the molecule is CS(=O)(=O)Nc1ccc(-c2ccc(-c3nc4cc(O[C@@H]5CO[C@H]6[C@@H]5OC[C@H]6O)[nH]c4cc3F)cc2)cc1. The Kier molecular flexibility index (Phi) is 5.87. The Hall–Kier alpha value is -3.51. The minimum atomic E-state index is -3.34. The van der Waals surface area contributed by atoms with Gasteiger partial charge in [-0.1, -0.05) is 36.4 Å². The molecule has 0 bridgehead atoms. The molecule has 37 heavy (non-hydrogen) atoms. The molecule has 4 aromatic rings. The molecule has 11 heteroatoms. The van der Waals surface area contributed by atoms with Gasteiger partial charge in [-0.2, -0.15) is 0 Å². The monoisotopic (exact) mass is 525 g/mol. The molecule has 2 aromatic heterocycles. The molecule has 2 fully saturated rings. The minimum absolute atomic E-state index is 0.211. The summed E-state index contributed by atoms with van der Waals surface area (Å²) in [6, 6.07) is 17.4. The van der Waals surface area contributed by atoms with Crippen molar-refractivity contribution in [1.82, 2.24) is 9.97 Å². The highest BCUT2D eigenvalue weighted by molar-refractivity contribution is 7.92. The number of ether oxygens (including phenoxy) is 3. The van der Waals surface area contributed by atoms with Crippen LogP contribution in [-0.4, -0.2) is 67.4 Å². The Bertz CT molecular complexity index is 1560. The number of nitrogens with zero attached hydrogens (tertiary/aromatic N) is 1. The molecule has 4 heterocycles. The van der Waals surface area contributed by atoms with Crippen LogP contribution >= 0.6 is 0 Å². The van der Waals surface area contributed by atoms with Crippen molar-refractivity contribution >= 4 is 26.7 Å². The maximum Gasteiger partial charge on any atom is 0.229 e. The molecule has 192 valence electrons. The number of aromatic amines is 1. The molecule has 4 atom stereocenters. The molecule has 0 amide bonds. The number of nitrogens with one attached hydrogen (secondary N) is 2. The number of fused-ring (bicyclic) bond motifs is 2. The fraction of sp³-hybridized carbons (Fsp3) is 0.269. The number of rotatable bonds is 6. The molecular weight excluding hydrogens is 501 g/mol. The van der Waals surface area contributed by atoms with Crippen molar-refractivity contribution in [1.29, 1.82) is 0 Å². The lowest BCUT2D eigenvalue weighted by molar-refractivity contribution is 0.00794. The molecular formula is C26H24FN3O6S. The summed E-state index contributed by atoms with van der Waals surface area (Å²) in [6.07, 6.45) is -0.707. The number of pyridine rings is 1. The number of aromatic nitrogens is 2. The summed E-state index contributed by atoms with van der Waals surface area (Å²) in [5.74, 6) is -0.0567. The summed E-state index contributed by atoms with van der Waals surface area (Å²) < 4.78 is 57.4. The van der Waals surface area contributed by atoms with Crippen LogP contribution in [0.25, 0.3) is 33.4 Å². The van der Waals surface area contributed by atoms with E-state index in [1.807, 2.05) is 24.3 Å². The average molecular weight is 526 g/mol. The maximum atomic E-state index is 15.0. The fourth-order valence-corrected chi connectivity index (χ4v) is 5.31. The summed E-state index contributed by atoms with van der Waals surface area (Å²) in [4.78, 5) is 7.55. The zero-order chi connectivity index (χ0) is 25.7. The first kappa shape index (κ1) is 23.9. The number of hydrogen-bond acceptors (Lipinski definition) is 7. The molecule has 9 nitrogen and oxygen atoms in total. The number of benzene rings is 2. The number of hydrogen-bond donors (Lipinski definition) is 3. The zero-order valence-electron chi connectivity index (χ0n) is 19.7. The van der Waals surface area contributed by atoms with Gasteiger partial charge in [0, 0.05) is 23.4 Å². The molecule has 0 unspecified atom stereocenters. The third kappa shape index (κ3) is 4.78. The molecule has 2 aromatic carbocycles. The molecule has 3 N–H and O–H groups in total. The molecule has 2 aliphatic heterocycles. The summed E-state index contributed by atoms with van der Waals surface area (Å²) in [5, 5.41) is 9.91. The predicted molar refractivity (Wildman–Crippen MR) is 135 cm³/mol. The smallest absolute Gasteiger partial charge is 0.229 e. The molecule has 0 radical (unpaired) electrons. The van der Waals surface area contributed by atoms with Gasteiger partial charge in [0.2, 0.25) is 10.0 Å². The van der Waals surface area contributed by atoms with Crippen LogP contribution < -0.4 is 9.46 Å². The molecule has 0 spiro atoms. The second kappa shape index (κ2) is 9.10. The van der Waals surface area contributed by atoms with E-state index in [4.69, 9.17) is 14.2 Å². The van der Waals surface area contributed by atoms with E-state index in [-0.39, 0.29) is 31.1 Å². The second-order valence-corrected chi connectivity index (χ2v) is 11.0. The average Bonchev–Trinajstić information content (AvgIpc) is 3.55. The highest BCUT2D eigenvalue weighted by atomic mass is 32.2. The summed E-state index contributed by atoms with van der Waals surface area (Å²) in [7, 11) is -3.34. The number of halogens is 1. The van der Waals surface area contributed by atoms with Crippen molar-refractivity contribution in [2.75, 3.05) is 24.2 Å². The number of H-pyrrole nitrogens is 1. The van der Waals surface area contributed by atoms with E-state index in [1.54, 1.807) is 30.3 Å². The topological polar surface area (TPSA) is 123 Å². The van der Waals surface area contributed by atoms with Crippen LogP contribution in [0, 0.1) is 5.82 Å². The van der Waals surface area contributed by atoms with Crippen molar-refractivity contribution in [3.8, 4) is 28.3 Å². The van der Waals surface area contributed by atoms with E-state index in [9.17, 15) is 17.9 Å². The Labute approximate surface area is 212 Å². The van der Waals surface area contributed by atoms with Gasteiger partial charge in [-0.25, -0.2) is 17.8 Å². The van der Waals surface area contributed by atoms with Crippen molar-refractivity contribution in [3.05, 3.63) is 66.5 Å². The normalized spacial score (nSPS) is 23.3. The second-order valence-electron chi connectivity index (χ2n) is 9.23. The van der Waals surface area contributed by atoms with Crippen molar-refractivity contribution in [2.45, 2.75) is 24.4 Å². The van der Waals surface area contributed by atoms with Gasteiger partial charge in [-0.3, -0.25) is 4.72 Å². The van der Waals surface area contributed by atoms with Gasteiger partial charge in [-0.05, 0) is 23.3 Å². The Morgan fingerprint density at radius 2 is 1.65 bits per heavy atom. The Balaban J connectivity index is 1.21. The van der Waals surface area contributed by atoms with E-state index < -0.39 is 28.0 Å². The van der Waals surface area contributed by atoms with Crippen LogP contribution in [0.3, 0.4) is 0 Å². The van der Waals surface area contributed by atoms with Crippen molar-refractivity contribution in [2.24, 2.45) is 0 Å². The van der Waals surface area contributed by atoms with Crippen LogP contribution in [0.15, 0.2) is 60.7 Å². The molecule has 0 aliphatic carbocycles. The Morgan fingerprint density at radius 3 is 2.35 bits per heavy atom. The van der Waals surface area contributed by atoms with E-state index in [0.29, 0.717) is 28.2 Å². The molecule has 0 saturated carbocycles. The predicted octanol–water partition coefficient (Wildman–Crippen LogP) is 3.31. The van der Waals surface area contributed by atoms with Crippen LogP contribution in [0.4, 0.5) is 10.1 Å². The summed E-state index contributed by atoms with van der Waals surface area (Å²) in [5.41, 5.74) is 4.13. The lowest BCUT2D eigenvalue weighted by atomic mass is 10.0. The first-order valence-corrected chi connectivity index (χ1v) is 13.6. The number of sulfonamides is 1. The minimum Gasteiger partial charge on any atom is -0.470 e. The first-order chi connectivity index (χ1) is 17.7. The van der Waals surface area contributed by atoms with Crippen molar-refractivity contribution in [3.63, 3.8) is 0 Å². The van der Waals surface area contributed by atoms with E-state index in [0.717, 1.165) is 17.4 Å². The van der Waals surface area contributed by atoms with Crippen LogP contribution in [0.1, 0.15) is 0 Å². The van der Waals surface area contributed by atoms with E-state index >= 15 is 0 Å². The van der Waals surface area contributed by atoms with Gasteiger partial charge < -0.3 is 24.3 Å². The standard InChI is InChI=1S/C26H24FN3O6S/c1-37(32,33)30-17-8-6-15(7-9-17)14-2-4-16(5-3-14)24-18(27)10-19-20(29-24)11-23(28-19)36-22-13-35-25-21(31)12-34-26(22)25/h2-11,21-22,25-26,28,30-31H,12-13H2,1H3/t21-,22-,25-,26-/m1/s1. The third-order valence-corrected chi connectivity index (χ3v) is 7.08. The molecule has 6 rings (SSSR count). The van der Waals surface area contributed by atoms with Gasteiger partial charge in [0.15, 0.2) is 17.8 Å². The molecule has 2 aliphatic rings. The highest BCUT2D eigenvalue weighted by Crippen LogP contribution is 2.32. The zero-order valence-corrected chi connectivity index (χ0v) is 20.5. The third-order valence-electron chi connectivity index (χ3n) is 6.47. The lowest BCUT2D eigenvalue weighted by Crippen LogP contribution is -2.34. The maximum absolute atomic E-state index is 15.0. The first-order valence-electron chi connectivity index (χ1n) is 11.7. The van der Waals surface area contributed by atoms with E-state index in [2.05, 4.69) is 14.7 Å². The molecule has 2 saturated heterocycles. The van der Waals surface area contributed by atoms with Crippen molar-refractivity contribution < 1.29 is 32.1 Å². The van der Waals surface area contributed by atoms with Crippen LogP contribution in [0.5, 0.6) is 5.88 Å². The highest BCUT2D eigenvalue weighted by Gasteiger charge is 2.48. The summed E-state index contributed by atoms with van der Waals surface area (Å²) >= 11 is 0. The van der Waals surface area contributed by atoms with Gasteiger partial charge in [-0.15, -0.1) is 0 Å². The van der Waals surface area contributed by atoms with Crippen LogP contribution in [-0.2, 0) is 19.5 Å². The lowest BCUT2D eigenvalue weighted by Gasteiger charge is -2.16. The van der Waals surface area contributed by atoms with E-state index in [1.165, 1.54) is 6.07 Å². The van der Waals surface area contributed by atoms with Gasteiger partial charge >= 0.3 is 0 Å². The Morgan fingerprint density at radius 1 is 1.00 bits per heavy atom. The van der Waals surface area contributed by atoms with Gasteiger partial charge in [0.1, 0.15) is 24.0 Å². The number of anilines is 1. The van der Waals surface area contributed by atoms with Gasteiger partial charge in [0.05, 0.1) is 30.5 Å². The fourth-order valence-electron chi connectivity index (χ4n) is 4.75. The number of aliphatic hydroxyl groups excluding tert-OH is 1. The van der Waals surface area contributed by atoms with Crippen LogP contribution in [0.2, 0.25) is 0 Å². The summed E-state index contributed by atoms with van der Waals surface area (Å²) in [6.45, 7) is 0.501.